The third-order valence-corrected chi connectivity index (χ3v) is 4.82. The molecule has 3 aromatic carbocycles. The lowest BCUT2D eigenvalue weighted by molar-refractivity contribution is -0.384. The summed E-state index contributed by atoms with van der Waals surface area (Å²) < 4.78 is 5.47. The number of thiocarbonyl (C=S) groups is 1. The largest absolute Gasteiger partial charge is 0.483 e. The summed E-state index contributed by atoms with van der Waals surface area (Å²) in [4.78, 5) is 35.8. The summed E-state index contributed by atoms with van der Waals surface area (Å²) in [6.45, 7) is -0.455. The lowest BCUT2D eigenvalue weighted by Gasteiger charge is -2.13. The van der Waals surface area contributed by atoms with Crippen molar-refractivity contribution < 1.29 is 19.2 Å². The Labute approximate surface area is 193 Å². The van der Waals surface area contributed by atoms with Crippen LogP contribution in [0.25, 0.3) is 0 Å². The molecule has 8 nitrogen and oxygen atoms in total. The number of hydrogen-bond donors (Lipinski definition) is 2. The monoisotopic (exact) mass is 469 g/mol. The Morgan fingerprint density at radius 2 is 1.66 bits per heavy atom. The van der Waals surface area contributed by atoms with Crippen LogP contribution in [0.2, 0.25) is 5.02 Å². The molecule has 0 fully saturated rings. The average molecular weight is 470 g/mol. The number of nitro benzene ring substituents is 1. The normalized spacial score (nSPS) is 10.2. The summed E-state index contributed by atoms with van der Waals surface area (Å²) >= 11 is 11.0. The number of nitrogens with one attached hydrogen (secondary N) is 2. The molecule has 10 heteroatoms. The number of carbonyl (C=O) groups excluding carboxylic acids is 2. The number of non-ortho nitro benzene ring substituents is 1. The molecular weight excluding hydrogens is 454 g/mol. The molecule has 0 radical (unpaired) electrons. The number of amides is 1. The van der Waals surface area contributed by atoms with Crippen molar-refractivity contribution in [2.75, 3.05) is 6.61 Å². The van der Waals surface area contributed by atoms with Crippen molar-refractivity contribution in [3.8, 4) is 5.75 Å². The van der Waals surface area contributed by atoms with Crippen LogP contribution in [0.5, 0.6) is 5.75 Å². The van der Waals surface area contributed by atoms with Crippen molar-refractivity contribution in [3.05, 3.63) is 105 Å². The molecule has 0 bridgehead atoms. The second kappa shape index (κ2) is 10.5. The number of nitro groups is 1. The van der Waals surface area contributed by atoms with E-state index in [1.165, 1.54) is 12.1 Å². The number of hydrogen-bond acceptors (Lipinski definition) is 6. The van der Waals surface area contributed by atoms with Crippen molar-refractivity contribution in [3.63, 3.8) is 0 Å². The van der Waals surface area contributed by atoms with E-state index in [1.807, 2.05) is 0 Å². The molecule has 0 aliphatic rings. The fraction of sp³-hybridized carbons (Fsp3) is 0.0455. The first-order valence-electron chi connectivity index (χ1n) is 9.21. The quantitative estimate of drug-likeness (QED) is 0.234. The van der Waals surface area contributed by atoms with Crippen LogP contribution in [0.3, 0.4) is 0 Å². The van der Waals surface area contributed by atoms with E-state index in [2.05, 4.69) is 10.9 Å². The number of hydrazine groups is 1. The van der Waals surface area contributed by atoms with Gasteiger partial charge in [-0.3, -0.25) is 30.6 Å². The third-order valence-electron chi connectivity index (χ3n) is 4.24. The van der Waals surface area contributed by atoms with E-state index in [1.54, 1.807) is 54.6 Å². The highest BCUT2D eigenvalue weighted by atomic mass is 35.5. The predicted octanol–water partition coefficient (Wildman–Crippen LogP) is 3.85. The van der Waals surface area contributed by atoms with Gasteiger partial charge in [-0.25, -0.2) is 0 Å². The Morgan fingerprint density at radius 1 is 0.969 bits per heavy atom. The van der Waals surface area contributed by atoms with E-state index < -0.39 is 23.2 Å². The Morgan fingerprint density at radius 3 is 2.31 bits per heavy atom. The molecule has 162 valence electrons. The van der Waals surface area contributed by atoms with Gasteiger partial charge in [0, 0.05) is 28.3 Å². The Balaban J connectivity index is 1.67. The van der Waals surface area contributed by atoms with Crippen LogP contribution in [-0.2, 0) is 4.79 Å². The van der Waals surface area contributed by atoms with Gasteiger partial charge in [-0.15, -0.1) is 0 Å². The minimum Gasteiger partial charge on any atom is -0.483 e. The first kappa shape index (κ1) is 22.9. The number of carbonyl (C=O) groups is 2. The van der Waals surface area contributed by atoms with E-state index in [0.717, 1.165) is 6.07 Å². The summed E-state index contributed by atoms with van der Waals surface area (Å²) in [5.41, 5.74) is 5.68. The minimum atomic E-state index is -0.611. The molecule has 0 atom stereocenters. The van der Waals surface area contributed by atoms with Crippen LogP contribution in [0.15, 0.2) is 72.8 Å². The predicted molar refractivity (Wildman–Crippen MR) is 123 cm³/mol. The Hall–Kier alpha value is -3.82. The van der Waals surface area contributed by atoms with Gasteiger partial charge in [-0.2, -0.15) is 0 Å². The maximum atomic E-state index is 12.8. The second-order valence-electron chi connectivity index (χ2n) is 6.43. The van der Waals surface area contributed by atoms with Gasteiger partial charge in [-0.1, -0.05) is 66.3 Å². The number of ether oxygens (including phenoxy) is 1. The Bertz CT molecular complexity index is 1170. The lowest BCUT2D eigenvalue weighted by atomic mass is 10.0. The lowest BCUT2D eigenvalue weighted by Crippen LogP contribution is -2.43. The molecule has 1 amide bonds. The molecule has 3 aromatic rings. The van der Waals surface area contributed by atoms with Gasteiger partial charge >= 0.3 is 0 Å². The number of halogens is 1. The molecule has 0 unspecified atom stereocenters. The van der Waals surface area contributed by atoms with Crippen LogP contribution in [0.1, 0.15) is 21.5 Å². The van der Waals surface area contributed by atoms with Crippen LogP contribution in [0, 0.1) is 10.1 Å². The van der Waals surface area contributed by atoms with E-state index in [-0.39, 0.29) is 22.0 Å². The SMILES string of the molecule is O=C(COc1ccc([N+](=O)[O-])cc1C(=O)c1ccccc1)NNC(=S)c1ccc(Cl)cc1. The molecule has 2 N–H and O–H groups in total. The van der Waals surface area contributed by atoms with Crippen molar-refractivity contribution in [1.82, 2.24) is 10.9 Å². The highest BCUT2D eigenvalue weighted by Crippen LogP contribution is 2.26. The van der Waals surface area contributed by atoms with Crippen LogP contribution in [-0.4, -0.2) is 28.2 Å². The Kier molecular flexibility index (Phi) is 7.48. The van der Waals surface area contributed by atoms with Crippen LogP contribution >= 0.6 is 23.8 Å². The maximum Gasteiger partial charge on any atom is 0.276 e. The molecule has 0 spiro atoms. The molecule has 0 heterocycles. The summed E-state index contributed by atoms with van der Waals surface area (Å²) in [7, 11) is 0. The van der Waals surface area contributed by atoms with Crippen LogP contribution < -0.4 is 15.6 Å². The number of nitrogens with zero attached hydrogens (tertiary/aromatic N) is 1. The van der Waals surface area contributed by atoms with Gasteiger partial charge in [0.2, 0.25) is 0 Å². The standard InChI is InChI=1S/C22H16ClN3O5S/c23-16-8-6-15(7-9-16)22(32)25-24-20(27)13-31-19-11-10-17(26(29)30)12-18(19)21(28)14-4-2-1-3-5-14/h1-12H,13H2,(H,24,27)(H,25,32). The van der Waals surface area contributed by atoms with E-state index in [4.69, 9.17) is 28.6 Å². The molecule has 0 aromatic heterocycles. The molecule has 0 aliphatic carbocycles. The highest BCUT2D eigenvalue weighted by molar-refractivity contribution is 7.80. The summed E-state index contributed by atoms with van der Waals surface area (Å²) in [5.74, 6) is -0.996. The number of rotatable bonds is 7. The zero-order valence-corrected chi connectivity index (χ0v) is 18.0. The number of benzene rings is 3. The van der Waals surface area contributed by atoms with Gasteiger partial charge in [0.15, 0.2) is 12.4 Å². The van der Waals surface area contributed by atoms with Crippen molar-refractivity contribution in [2.45, 2.75) is 0 Å². The summed E-state index contributed by atoms with van der Waals surface area (Å²) in [6.07, 6.45) is 0. The van der Waals surface area contributed by atoms with E-state index in [0.29, 0.717) is 16.1 Å². The van der Waals surface area contributed by atoms with Crippen LogP contribution in [0.4, 0.5) is 5.69 Å². The minimum absolute atomic E-state index is 0.0251. The topological polar surface area (TPSA) is 111 Å². The zero-order chi connectivity index (χ0) is 23.1. The average Bonchev–Trinajstić information content (AvgIpc) is 2.81. The first-order valence-corrected chi connectivity index (χ1v) is 9.99. The smallest absolute Gasteiger partial charge is 0.276 e. The molecular formula is C22H16ClN3O5S. The van der Waals surface area contributed by atoms with Gasteiger partial charge in [-0.05, 0) is 18.2 Å². The number of ketones is 1. The fourth-order valence-electron chi connectivity index (χ4n) is 2.66. The van der Waals surface area contributed by atoms with Gasteiger partial charge in [0.05, 0.1) is 10.5 Å². The fourth-order valence-corrected chi connectivity index (χ4v) is 2.97. The van der Waals surface area contributed by atoms with Gasteiger partial charge < -0.3 is 4.74 Å². The molecule has 3 rings (SSSR count). The third kappa shape index (κ3) is 5.87. The van der Waals surface area contributed by atoms with Gasteiger partial charge in [0.25, 0.3) is 11.6 Å². The van der Waals surface area contributed by atoms with E-state index >= 15 is 0 Å². The summed E-state index contributed by atoms with van der Waals surface area (Å²) in [5, 5.41) is 11.7. The highest BCUT2D eigenvalue weighted by Gasteiger charge is 2.20. The first-order chi connectivity index (χ1) is 15.3. The summed E-state index contributed by atoms with van der Waals surface area (Å²) in [6, 6.07) is 18.6. The zero-order valence-electron chi connectivity index (χ0n) is 16.4. The maximum absolute atomic E-state index is 12.8. The van der Waals surface area contributed by atoms with Crippen molar-refractivity contribution in [1.29, 1.82) is 0 Å². The van der Waals surface area contributed by atoms with E-state index in [9.17, 15) is 19.7 Å². The molecule has 0 saturated carbocycles. The van der Waals surface area contributed by atoms with Gasteiger partial charge in [0.1, 0.15) is 10.7 Å². The van der Waals surface area contributed by atoms with Crippen molar-refractivity contribution in [2.24, 2.45) is 0 Å². The molecule has 0 aliphatic heterocycles. The second-order valence-corrected chi connectivity index (χ2v) is 7.28. The molecule has 32 heavy (non-hydrogen) atoms. The molecule has 0 saturated heterocycles. The van der Waals surface area contributed by atoms with Crippen molar-refractivity contribution >= 4 is 46.2 Å².